The topological polar surface area (TPSA) is 57.5 Å². The maximum Gasteiger partial charge on any atom is 0.309 e. The quantitative estimate of drug-likeness (QED) is 0.247. The maximum absolute atomic E-state index is 12.0. The third-order valence-corrected chi connectivity index (χ3v) is 7.14. The first-order valence-electron chi connectivity index (χ1n) is 12.6. The summed E-state index contributed by atoms with van der Waals surface area (Å²) < 4.78 is 0. The molecule has 0 bridgehead atoms. The molecule has 1 fully saturated rings. The summed E-state index contributed by atoms with van der Waals surface area (Å²) in [6.07, 6.45) is 17.9. The average molecular weight is 429 g/mol. The van der Waals surface area contributed by atoms with Gasteiger partial charge in [0.1, 0.15) is 0 Å². The van der Waals surface area contributed by atoms with Gasteiger partial charge in [0.15, 0.2) is 0 Å². The van der Waals surface area contributed by atoms with Crippen LogP contribution >= 0.6 is 0 Å². The Hall–Kier alpha value is -1.61. The van der Waals surface area contributed by atoms with Gasteiger partial charge < -0.3 is 10.2 Å². The number of hydrogen-bond acceptors (Lipinski definition) is 2. The molecule has 0 heterocycles. The van der Waals surface area contributed by atoms with Crippen molar-refractivity contribution in [2.24, 2.45) is 23.7 Å². The molecule has 2 rings (SSSR count). The molecule has 1 aromatic carbocycles. The lowest BCUT2D eigenvalue weighted by molar-refractivity contribution is -0.150. The number of aliphatic hydroxyl groups is 1. The summed E-state index contributed by atoms with van der Waals surface area (Å²) in [7, 11) is 0. The summed E-state index contributed by atoms with van der Waals surface area (Å²) in [6.45, 7) is 3.89. The van der Waals surface area contributed by atoms with Gasteiger partial charge in [0.2, 0.25) is 0 Å². The molecule has 0 radical (unpaired) electrons. The Balaban J connectivity index is 1.88. The number of carbonyl (C=O) groups is 1. The minimum Gasteiger partial charge on any atom is -0.481 e. The molecular formula is C28H44O3. The van der Waals surface area contributed by atoms with Gasteiger partial charge >= 0.3 is 5.97 Å². The molecular weight excluding hydrogens is 384 g/mol. The number of allylic oxidation sites excluding steroid dienone is 2. The van der Waals surface area contributed by atoms with Gasteiger partial charge in [0.25, 0.3) is 0 Å². The number of benzene rings is 1. The van der Waals surface area contributed by atoms with E-state index in [1.165, 1.54) is 56.9 Å². The van der Waals surface area contributed by atoms with Crippen LogP contribution in [0.4, 0.5) is 0 Å². The standard InChI is InChI=1S/C28H44O3/c1-3-4-5-6-7-8-9-10-12-17-24-18-19-25(20-23-15-13-11-14-16-23)26(21-24)27(22(2)29)28(30)31/h8-9,11,13-16,22,24-27,29H,3-7,10,12,17-21H2,1-2H3,(H,30,31)/b9-8-/t22-,24+,25-,26+,27+/m0/s1. The van der Waals surface area contributed by atoms with E-state index in [1.807, 2.05) is 6.07 Å². The van der Waals surface area contributed by atoms with E-state index in [-0.39, 0.29) is 5.92 Å². The predicted octanol–water partition coefficient (Wildman–Crippen LogP) is 7.04. The molecule has 2 N–H and O–H groups in total. The van der Waals surface area contributed by atoms with Crippen molar-refractivity contribution in [1.29, 1.82) is 0 Å². The Morgan fingerprint density at radius 1 is 1.06 bits per heavy atom. The van der Waals surface area contributed by atoms with Crippen molar-refractivity contribution >= 4 is 5.97 Å². The van der Waals surface area contributed by atoms with Crippen LogP contribution in [0.15, 0.2) is 42.5 Å². The lowest BCUT2D eigenvalue weighted by atomic mass is 9.65. The van der Waals surface area contributed by atoms with Gasteiger partial charge in [-0.25, -0.2) is 0 Å². The second-order valence-corrected chi connectivity index (χ2v) is 9.65. The minimum atomic E-state index is -0.843. The lowest BCUT2D eigenvalue weighted by Crippen LogP contribution is -2.41. The van der Waals surface area contributed by atoms with Crippen molar-refractivity contribution in [3.63, 3.8) is 0 Å². The van der Waals surface area contributed by atoms with Crippen LogP contribution in [0.1, 0.15) is 90.0 Å². The summed E-state index contributed by atoms with van der Waals surface area (Å²) >= 11 is 0. The molecule has 0 aliphatic heterocycles. The van der Waals surface area contributed by atoms with Crippen LogP contribution in [0, 0.1) is 23.7 Å². The number of aliphatic hydroxyl groups excluding tert-OH is 1. The largest absolute Gasteiger partial charge is 0.481 e. The molecule has 5 atom stereocenters. The maximum atomic E-state index is 12.0. The van der Waals surface area contributed by atoms with Gasteiger partial charge in [-0.15, -0.1) is 0 Å². The minimum absolute atomic E-state index is 0.0468. The van der Waals surface area contributed by atoms with E-state index in [0.717, 1.165) is 25.7 Å². The molecule has 0 saturated heterocycles. The Bertz CT molecular complexity index is 637. The highest BCUT2D eigenvalue weighted by Gasteiger charge is 2.40. The van der Waals surface area contributed by atoms with Crippen LogP contribution in [-0.2, 0) is 11.2 Å². The molecule has 174 valence electrons. The van der Waals surface area contributed by atoms with E-state index in [2.05, 4.69) is 43.3 Å². The van der Waals surface area contributed by atoms with Crippen LogP contribution in [0.2, 0.25) is 0 Å². The van der Waals surface area contributed by atoms with E-state index in [0.29, 0.717) is 11.8 Å². The Labute approximate surface area is 190 Å². The molecule has 3 nitrogen and oxygen atoms in total. The SMILES string of the molecule is CCCCCC/C=C\CCC[C@@H]1CC[C@@H](Cc2ccccc2)[C@H]([C@H](C(=O)O)[C@H](C)O)C1. The van der Waals surface area contributed by atoms with Gasteiger partial charge in [-0.3, -0.25) is 4.79 Å². The van der Waals surface area contributed by atoms with Crippen molar-refractivity contribution in [3.8, 4) is 0 Å². The third-order valence-electron chi connectivity index (χ3n) is 7.14. The van der Waals surface area contributed by atoms with Crippen LogP contribution in [0.5, 0.6) is 0 Å². The smallest absolute Gasteiger partial charge is 0.309 e. The zero-order chi connectivity index (χ0) is 22.5. The van der Waals surface area contributed by atoms with E-state index in [1.54, 1.807) is 6.92 Å². The second kappa shape index (κ2) is 14.5. The average Bonchev–Trinajstić information content (AvgIpc) is 2.74. The van der Waals surface area contributed by atoms with Gasteiger partial charge in [-0.1, -0.05) is 81.5 Å². The zero-order valence-electron chi connectivity index (χ0n) is 19.7. The lowest BCUT2D eigenvalue weighted by Gasteiger charge is -2.40. The van der Waals surface area contributed by atoms with Crippen molar-refractivity contribution in [3.05, 3.63) is 48.0 Å². The van der Waals surface area contributed by atoms with Gasteiger partial charge in [-0.05, 0) is 75.2 Å². The zero-order valence-corrected chi connectivity index (χ0v) is 19.7. The van der Waals surface area contributed by atoms with E-state index < -0.39 is 18.0 Å². The fourth-order valence-electron chi connectivity index (χ4n) is 5.43. The molecule has 0 spiro atoms. The van der Waals surface area contributed by atoms with Crippen LogP contribution in [0.3, 0.4) is 0 Å². The first-order chi connectivity index (χ1) is 15.0. The number of hydrogen-bond donors (Lipinski definition) is 2. The molecule has 0 aromatic heterocycles. The predicted molar refractivity (Wildman–Crippen MR) is 129 cm³/mol. The molecule has 1 aliphatic rings. The van der Waals surface area contributed by atoms with Crippen molar-refractivity contribution in [2.75, 3.05) is 0 Å². The van der Waals surface area contributed by atoms with Crippen LogP contribution in [0.25, 0.3) is 0 Å². The van der Waals surface area contributed by atoms with Gasteiger partial charge in [-0.2, -0.15) is 0 Å². The fraction of sp³-hybridized carbons (Fsp3) is 0.679. The first kappa shape index (κ1) is 25.6. The van der Waals surface area contributed by atoms with Crippen molar-refractivity contribution < 1.29 is 15.0 Å². The molecule has 31 heavy (non-hydrogen) atoms. The van der Waals surface area contributed by atoms with Crippen LogP contribution < -0.4 is 0 Å². The highest BCUT2D eigenvalue weighted by Crippen LogP contribution is 2.43. The number of carboxylic acid groups (broad SMARTS) is 1. The molecule has 0 amide bonds. The van der Waals surface area contributed by atoms with Crippen LogP contribution in [-0.4, -0.2) is 22.3 Å². The molecule has 1 aromatic rings. The van der Waals surface area contributed by atoms with Crippen molar-refractivity contribution in [2.45, 2.75) is 97.0 Å². The molecule has 0 unspecified atom stereocenters. The summed E-state index contributed by atoms with van der Waals surface area (Å²) in [5.74, 6) is -0.553. The Morgan fingerprint density at radius 2 is 1.77 bits per heavy atom. The molecule has 3 heteroatoms. The second-order valence-electron chi connectivity index (χ2n) is 9.65. The summed E-state index contributed by atoms with van der Waals surface area (Å²) in [5, 5.41) is 20.1. The Kier molecular flexibility index (Phi) is 12.0. The van der Waals surface area contributed by atoms with E-state index in [4.69, 9.17) is 0 Å². The number of aliphatic carboxylic acids is 1. The number of carboxylic acids is 1. The summed E-state index contributed by atoms with van der Waals surface area (Å²) in [6, 6.07) is 10.4. The highest BCUT2D eigenvalue weighted by molar-refractivity contribution is 5.71. The van der Waals surface area contributed by atoms with Gasteiger partial charge in [0.05, 0.1) is 12.0 Å². The van der Waals surface area contributed by atoms with E-state index in [9.17, 15) is 15.0 Å². The fourth-order valence-corrected chi connectivity index (χ4v) is 5.43. The Morgan fingerprint density at radius 3 is 2.42 bits per heavy atom. The van der Waals surface area contributed by atoms with E-state index >= 15 is 0 Å². The number of unbranched alkanes of at least 4 members (excludes halogenated alkanes) is 5. The summed E-state index contributed by atoms with van der Waals surface area (Å²) in [4.78, 5) is 12.0. The summed E-state index contributed by atoms with van der Waals surface area (Å²) in [5.41, 5.74) is 1.27. The first-order valence-corrected chi connectivity index (χ1v) is 12.6. The monoisotopic (exact) mass is 428 g/mol. The third kappa shape index (κ3) is 9.19. The molecule has 1 saturated carbocycles. The normalized spacial score (nSPS) is 23.6. The highest BCUT2D eigenvalue weighted by atomic mass is 16.4. The molecule has 1 aliphatic carbocycles. The van der Waals surface area contributed by atoms with Crippen molar-refractivity contribution in [1.82, 2.24) is 0 Å². The number of rotatable bonds is 14. The van der Waals surface area contributed by atoms with Gasteiger partial charge in [0, 0.05) is 0 Å².